The molecule has 0 radical (unpaired) electrons. The summed E-state index contributed by atoms with van der Waals surface area (Å²) in [5.74, 6) is -0.338. The molecular weight excluding hydrogens is 331 g/mol. The zero-order chi connectivity index (χ0) is 16.9. The lowest BCUT2D eigenvalue weighted by Gasteiger charge is -2.09. The van der Waals surface area contributed by atoms with Gasteiger partial charge in [0.2, 0.25) is 0 Å². The van der Waals surface area contributed by atoms with E-state index in [1.54, 1.807) is 36.4 Å². The lowest BCUT2D eigenvalue weighted by Crippen LogP contribution is -2.16. The highest BCUT2D eigenvalue weighted by Gasteiger charge is 2.27. The Kier molecular flexibility index (Phi) is 5.63. The number of benzene rings is 2. The van der Waals surface area contributed by atoms with E-state index in [4.69, 9.17) is 11.6 Å². The van der Waals surface area contributed by atoms with Crippen molar-refractivity contribution in [2.24, 2.45) is 0 Å². The van der Waals surface area contributed by atoms with E-state index in [1.165, 1.54) is 12.1 Å². The van der Waals surface area contributed by atoms with E-state index in [1.807, 2.05) is 0 Å². The second-order valence-electron chi connectivity index (χ2n) is 4.77. The maximum absolute atomic E-state index is 12.0. The van der Waals surface area contributed by atoms with Crippen LogP contribution in [0.25, 0.3) is 0 Å². The van der Waals surface area contributed by atoms with Crippen LogP contribution < -0.4 is 5.32 Å². The van der Waals surface area contributed by atoms with Crippen LogP contribution in [0, 0.1) is 0 Å². The van der Waals surface area contributed by atoms with Crippen molar-refractivity contribution in [1.82, 2.24) is 0 Å². The van der Waals surface area contributed by atoms with Crippen LogP contribution >= 0.6 is 11.6 Å². The van der Waals surface area contributed by atoms with Crippen LogP contribution in [0.3, 0.4) is 0 Å². The van der Waals surface area contributed by atoms with Crippen molar-refractivity contribution in [3.63, 3.8) is 0 Å². The van der Waals surface area contributed by atoms with Gasteiger partial charge in [-0.2, -0.15) is 13.2 Å². The molecule has 0 bridgehead atoms. The number of hydrogen-bond donors (Lipinski definition) is 1. The Hall–Kier alpha value is -2.05. The number of amides is 1. The first-order chi connectivity index (χ1) is 10.8. The van der Waals surface area contributed by atoms with Crippen LogP contribution in [-0.2, 0) is 11.3 Å². The summed E-state index contributed by atoms with van der Waals surface area (Å²) in [5, 5.41) is 3.18. The number of anilines is 1. The number of carbonyl (C=O) groups excluding carboxylic acids is 1. The molecule has 0 aromatic heterocycles. The molecule has 2 aromatic carbocycles. The third-order valence-corrected chi connectivity index (χ3v) is 3.07. The van der Waals surface area contributed by atoms with E-state index < -0.39 is 12.8 Å². The zero-order valence-corrected chi connectivity index (χ0v) is 12.6. The molecule has 2 rings (SSSR count). The number of rotatable bonds is 5. The van der Waals surface area contributed by atoms with Crippen LogP contribution in [0.2, 0.25) is 5.02 Å². The largest absolute Gasteiger partial charge is 0.411 e. The lowest BCUT2D eigenvalue weighted by atomic mass is 10.1. The Morgan fingerprint density at radius 1 is 1.13 bits per heavy atom. The molecule has 0 atom stereocenters. The van der Waals surface area contributed by atoms with Crippen molar-refractivity contribution in [1.29, 1.82) is 0 Å². The molecule has 122 valence electrons. The van der Waals surface area contributed by atoms with Gasteiger partial charge in [0, 0.05) is 16.3 Å². The summed E-state index contributed by atoms with van der Waals surface area (Å²) in [5.41, 5.74) is 1.48. The van der Waals surface area contributed by atoms with Gasteiger partial charge in [-0.25, -0.2) is 0 Å². The van der Waals surface area contributed by atoms with Gasteiger partial charge in [0.25, 0.3) is 5.91 Å². The van der Waals surface area contributed by atoms with Gasteiger partial charge in [0.15, 0.2) is 0 Å². The molecule has 0 saturated heterocycles. The number of nitrogens with one attached hydrogen (secondary N) is 1. The quantitative estimate of drug-likeness (QED) is 0.856. The third kappa shape index (κ3) is 5.92. The van der Waals surface area contributed by atoms with E-state index in [0.29, 0.717) is 21.8 Å². The monoisotopic (exact) mass is 343 g/mol. The molecule has 0 saturated carbocycles. The molecular formula is C16H13ClF3NO2. The smallest absolute Gasteiger partial charge is 0.367 e. The summed E-state index contributed by atoms with van der Waals surface area (Å²) in [6, 6.07) is 12.8. The molecule has 1 amide bonds. The van der Waals surface area contributed by atoms with Crippen molar-refractivity contribution < 1.29 is 22.7 Å². The van der Waals surface area contributed by atoms with Crippen LogP contribution in [0.1, 0.15) is 15.9 Å². The van der Waals surface area contributed by atoms with Crippen molar-refractivity contribution in [2.45, 2.75) is 12.8 Å². The molecule has 1 N–H and O–H groups in total. The average molecular weight is 344 g/mol. The van der Waals surface area contributed by atoms with E-state index in [-0.39, 0.29) is 12.5 Å². The first-order valence-corrected chi connectivity index (χ1v) is 7.02. The number of hydrogen-bond acceptors (Lipinski definition) is 2. The van der Waals surface area contributed by atoms with Gasteiger partial charge in [0.05, 0.1) is 6.61 Å². The maximum atomic E-state index is 12.0. The number of halogens is 4. The van der Waals surface area contributed by atoms with Gasteiger partial charge in [-0.05, 0) is 35.9 Å². The highest BCUT2D eigenvalue weighted by Crippen LogP contribution is 2.17. The molecule has 0 aliphatic carbocycles. The highest BCUT2D eigenvalue weighted by atomic mass is 35.5. The normalized spacial score (nSPS) is 11.3. The Morgan fingerprint density at radius 3 is 2.43 bits per heavy atom. The third-order valence-electron chi connectivity index (χ3n) is 2.83. The predicted octanol–water partition coefficient (Wildman–Crippen LogP) is 4.67. The van der Waals surface area contributed by atoms with E-state index in [2.05, 4.69) is 10.1 Å². The molecule has 0 fully saturated rings. The molecule has 0 aliphatic rings. The summed E-state index contributed by atoms with van der Waals surface area (Å²) in [4.78, 5) is 12.0. The molecule has 2 aromatic rings. The van der Waals surface area contributed by atoms with Crippen LogP contribution in [0.4, 0.5) is 18.9 Å². The molecule has 0 heterocycles. The first-order valence-electron chi connectivity index (χ1n) is 6.64. The summed E-state index contributed by atoms with van der Waals surface area (Å²) < 4.78 is 40.5. The predicted molar refractivity (Wildman–Crippen MR) is 81.6 cm³/mol. The second kappa shape index (κ2) is 7.48. The first kappa shape index (κ1) is 17.3. The van der Waals surface area contributed by atoms with Gasteiger partial charge < -0.3 is 10.1 Å². The molecule has 3 nitrogen and oxygen atoms in total. The molecule has 0 spiro atoms. The molecule has 7 heteroatoms. The van der Waals surface area contributed by atoms with Crippen molar-refractivity contribution >= 4 is 23.2 Å². The standard InChI is InChI=1S/C16H13ClF3NO2/c17-13-2-1-3-14(8-13)21-15(22)12-6-4-11(5-7-12)9-23-10-16(18,19)20/h1-8H,9-10H2,(H,21,22). The fourth-order valence-corrected chi connectivity index (χ4v) is 2.00. The van der Waals surface area contributed by atoms with E-state index in [9.17, 15) is 18.0 Å². The average Bonchev–Trinajstić information content (AvgIpc) is 2.46. The molecule has 0 unspecified atom stereocenters. The van der Waals surface area contributed by atoms with Crippen LogP contribution in [0.15, 0.2) is 48.5 Å². The minimum Gasteiger partial charge on any atom is -0.367 e. The fourth-order valence-electron chi connectivity index (χ4n) is 1.81. The van der Waals surface area contributed by atoms with Gasteiger partial charge in [-0.3, -0.25) is 4.79 Å². The summed E-state index contributed by atoms with van der Waals surface area (Å²) in [6.07, 6.45) is -4.35. The number of alkyl halides is 3. The molecule has 0 aliphatic heterocycles. The van der Waals surface area contributed by atoms with Gasteiger partial charge in [0.1, 0.15) is 6.61 Å². The topological polar surface area (TPSA) is 38.3 Å². The fraction of sp³-hybridized carbons (Fsp3) is 0.188. The van der Waals surface area contributed by atoms with Crippen molar-refractivity contribution in [2.75, 3.05) is 11.9 Å². The lowest BCUT2D eigenvalue weighted by molar-refractivity contribution is -0.176. The minimum absolute atomic E-state index is 0.171. The van der Waals surface area contributed by atoms with Crippen molar-refractivity contribution in [3.05, 3.63) is 64.7 Å². The van der Waals surface area contributed by atoms with Crippen molar-refractivity contribution in [3.8, 4) is 0 Å². The van der Waals surface area contributed by atoms with Gasteiger partial charge in [-0.1, -0.05) is 29.8 Å². The SMILES string of the molecule is O=C(Nc1cccc(Cl)c1)c1ccc(COCC(F)(F)F)cc1. The highest BCUT2D eigenvalue weighted by molar-refractivity contribution is 6.30. The second-order valence-corrected chi connectivity index (χ2v) is 5.21. The molecule has 23 heavy (non-hydrogen) atoms. The van der Waals surface area contributed by atoms with Crippen LogP contribution in [0.5, 0.6) is 0 Å². The Morgan fingerprint density at radius 2 is 1.83 bits per heavy atom. The van der Waals surface area contributed by atoms with Gasteiger partial charge in [-0.15, -0.1) is 0 Å². The Labute approximate surface area is 136 Å². The van der Waals surface area contributed by atoms with Crippen LogP contribution in [-0.4, -0.2) is 18.7 Å². The summed E-state index contributed by atoms with van der Waals surface area (Å²) in [7, 11) is 0. The van der Waals surface area contributed by atoms with E-state index >= 15 is 0 Å². The number of carbonyl (C=O) groups is 1. The Bertz CT molecular complexity index is 672. The zero-order valence-electron chi connectivity index (χ0n) is 11.9. The van der Waals surface area contributed by atoms with E-state index in [0.717, 1.165) is 0 Å². The Balaban J connectivity index is 1.92. The summed E-state index contributed by atoms with van der Waals surface area (Å²) >= 11 is 5.83. The van der Waals surface area contributed by atoms with Gasteiger partial charge >= 0.3 is 6.18 Å². The minimum atomic E-state index is -4.35. The summed E-state index contributed by atoms with van der Waals surface area (Å²) in [6.45, 7) is -1.47. The maximum Gasteiger partial charge on any atom is 0.411 e. The number of ether oxygens (including phenoxy) is 1.